The first-order valence-electron chi connectivity index (χ1n) is 21.0. The first-order chi connectivity index (χ1) is 26.1. The SMILES string of the molecule is CC/C=C/C/C=C/C/C=C/C/C=C/CCCCCCCCCCCCC(=O)OC(COCCC(C(=O)O)[N+](C)(C)C)COC(=O)CC/C=C/C/C=C/CC. The largest absolute Gasteiger partial charge is 0.477 e. The van der Waals surface area contributed by atoms with E-state index in [1.165, 1.54) is 51.4 Å². The molecule has 0 rings (SSSR count). The lowest BCUT2D eigenvalue weighted by molar-refractivity contribution is -0.887. The molecule has 308 valence electrons. The van der Waals surface area contributed by atoms with Gasteiger partial charge in [-0.05, 0) is 64.2 Å². The Balaban J connectivity index is 4.23. The second-order valence-electron chi connectivity index (χ2n) is 14.8. The Labute approximate surface area is 330 Å². The number of quaternary nitrogens is 1. The van der Waals surface area contributed by atoms with Crippen molar-refractivity contribution in [1.82, 2.24) is 0 Å². The normalized spacial score (nSPS) is 13.7. The first-order valence-corrected chi connectivity index (χ1v) is 21.0. The molecule has 0 aromatic carbocycles. The highest BCUT2D eigenvalue weighted by Crippen LogP contribution is 2.14. The van der Waals surface area contributed by atoms with Crippen LogP contribution in [0.2, 0.25) is 0 Å². The molecule has 0 aliphatic heterocycles. The maximum Gasteiger partial charge on any atom is 0.362 e. The Morgan fingerprint density at radius 1 is 0.556 bits per heavy atom. The summed E-state index contributed by atoms with van der Waals surface area (Å²) >= 11 is 0. The van der Waals surface area contributed by atoms with Gasteiger partial charge < -0.3 is 23.8 Å². The van der Waals surface area contributed by atoms with E-state index >= 15 is 0 Å². The predicted molar refractivity (Wildman–Crippen MR) is 224 cm³/mol. The molecule has 0 bridgehead atoms. The molecular weight excluding hydrogens is 679 g/mol. The average molecular weight is 757 g/mol. The third-order valence-corrected chi connectivity index (χ3v) is 8.86. The molecular formula is C46H78NO7+. The van der Waals surface area contributed by atoms with Crippen molar-refractivity contribution in [2.45, 2.75) is 161 Å². The molecule has 0 aromatic rings. The number of aliphatic carboxylic acids is 1. The smallest absolute Gasteiger partial charge is 0.362 e. The Kier molecular flexibility index (Phi) is 34.5. The molecule has 0 spiro atoms. The Hall–Kier alpha value is -3.23. The molecule has 0 saturated heterocycles. The van der Waals surface area contributed by atoms with E-state index in [0.717, 1.165) is 57.8 Å². The zero-order valence-corrected chi connectivity index (χ0v) is 34.9. The number of nitrogens with zero attached hydrogens (tertiary/aromatic N) is 1. The zero-order chi connectivity index (χ0) is 40.0. The molecule has 2 unspecified atom stereocenters. The molecule has 1 N–H and O–H groups in total. The third-order valence-electron chi connectivity index (χ3n) is 8.86. The van der Waals surface area contributed by atoms with Crippen LogP contribution in [0.15, 0.2) is 72.9 Å². The van der Waals surface area contributed by atoms with E-state index in [9.17, 15) is 19.5 Å². The maximum atomic E-state index is 12.7. The molecule has 8 nitrogen and oxygen atoms in total. The minimum atomic E-state index is -0.886. The topological polar surface area (TPSA) is 99.1 Å². The highest BCUT2D eigenvalue weighted by molar-refractivity contribution is 5.72. The summed E-state index contributed by atoms with van der Waals surface area (Å²) in [4.78, 5) is 36.7. The summed E-state index contributed by atoms with van der Waals surface area (Å²) in [7, 11) is 5.49. The van der Waals surface area contributed by atoms with Crippen LogP contribution in [0.25, 0.3) is 0 Å². The summed E-state index contributed by atoms with van der Waals surface area (Å²) in [6.45, 7) is 4.39. The lowest BCUT2D eigenvalue weighted by Crippen LogP contribution is -2.50. The van der Waals surface area contributed by atoms with Gasteiger partial charge in [-0.1, -0.05) is 138 Å². The Morgan fingerprint density at radius 2 is 1.02 bits per heavy atom. The lowest BCUT2D eigenvalue weighted by Gasteiger charge is -2.31. The van der Waals surface area contributed by atoms with Crippen LogP contribution in [0.5, 0.6) is 0 Å². The van der Waals surface area contributed by atoms with Gasteiger partial charge in [0, 0.05) is 19.3 Å². The van der Waals surface area contributed by atoms with Gasteiger partial charge in [-0.25, -0.2) is 4.79 Å². The second kappa shape index (κ2) is 36.7. The molecule has 2 atom stereocenters. The summed E-state index contributed by atoms with van der Waals surface area (Å²) in [6, 6.07) is -0.624. The van der Waals surface area contributed by atoms with Crippen LogP contribution in [-0.2, 0) is 28.6 Å². The van der Waals surface area contributed by atoms with Crippen LogP contribution in [0.1, 0.15) is 149 Å². The molecule has 0 radical (unpaired) electrons. The van der Waals surface area contributed by atoms with Crippen molar-refractivity contribution in [2.75, 3.05) is 41.0 Å². The fourth-order valence-corrected chi connectivity index (χ4v) is 5.67. The third kappa shape index (κ3) is 34.5. The van der Waals surface area contributed by atoms with Gasteiger partial charge in [-0.15, -0.1) is 0 Å². The number of likely N-dealkylation sites (N-methyl/N-ethyl adjacent to an activating group) is 1. The Bertz CT molecular complexity index is 1110. The number of hydrogen-bond acceptors (Lipinski definition) is 6. The number of ether oxygens (including phenoxy) is 3. The summed E-state index contributed by atoms with van der Waals surface area (Å²) in [6.07, 6.45) is 45.6. The van der Waals surface area contributed by atoms with E-state index in [4.69, 9.17) is 14.2 Å². The highest BCUT2D eigenvalue weighted by Gasteiger charge is 2.31. The number of allylic oxidation sites excluding steroid dienone is 12. The van der Waals surface area contributed by atoms with Gasteiger partial charge in [-0.2, -0.15) is 0 Å². The van der Waals surface area contributed by atoms with Crippen molar-refractivity contribution in [3.05, 3.63) is 72.9 Å². The van der Waals surface area contributed by atoms with Gasteiger partial charge in [0.15, 0.2) is 12.1 Å². The van der Waals surface area contributed by atoms with Crippen LogP contribution >= 0.6 is 0 Å². The van der Waals surface area contributed by atoms with Crippen LogP contribution in [0.4, 0.5) is 0 Å². The molecule has 0 aromatic heterocycles. The number of esters is 2. The summed E-state index contributed by atoms with van der Waals surface area (Å²) in [5.41, 5.74) is 0. The van der Waals surface area contributed by atoms with Crippen molar-refractivity contribution in [1.29, 1.82) is 0 Å². The summed E-state index contributed by atoms with van der Waals surface area (Å²) < 4.78 is 17.1. The molecule has 0 amide bonds. The number of carboxylic acids is 1. The quantitative estimate of drug-likeness (QED) is 0.0294. The van der Waals surface area contributed by atoms with Crippen LogP contribution in [-0.4, -0.2) is 80.6 Å². The van der Waals surface area contributed by atoms with Crippen molar-refractivity contribution in [3.8, 4) is 0 Å². The van der Waals surface area contributed by atoms with Crippen molar-refractivity contribution in [3.63, 3.8) is 0 Å². The molecule has 0 saturated carbocycles. The minimum Gasteiger partial charge on any atom is -0.477 e. The number of hydrogen-bond donors (Lipinski definition) is 1. The van der Waals surface area contributed by atoms with E-state index in [1.54, 1.807) is 0 Å². The van der Waals surface area contributed by atoms with Gasteiger partial charge in [-0.3, -0.25) is 9.59 Å². The van der Waals surface area contributed by atoms with Gasteiger partial charge in [0.1, 0.15) is 6.61 Å². The fourth-order valence-electron chi connectivity index (χ4n) is 5.67. The monoisotopic (exact) mass is 757 g/mol. The molecule has 0 aliphatic carbocycles. The van der Waals surface area contributed by atoms with Crippen LogP contribution in [0.3, 0.4) is 0 Å². The summed E-state index contributed by atoms with van der Waals surface area (Å²) in [5.74, 6) is -1.58. The zero-order valence-electron chi connectivity index (χ0n) is 34.9. The first kappa shape index (κ1) is 50.8. The number of carbonyl (C=O) groups excluding carboxylic acids is 2. The fraction of sp³-hybridized carbons (Fsp3) is 0.674. The second-order valence-corrected chi connectivity index (χ2v) is 14.8. The highest BCUT2D eigenvalue weighted by atomic mass is 16.6. The lowest BCUT2D eigenvalue weighted by atomic mass is 10.0. The van der Waals surface area contributed by atoms with Gasteiger partial charge >= 0.3 is 17.9 Å². The molecule has 0 fully saturated rings. The van der Waals surface area contributed by atoms with Crippen LogP contribution < -0.4 is 0 Å². The number of unbranched alkanes of at least 4 members (excludes halogenated alkanes) is 10. The predicted octanol–water partition coefficient (Wildman–Crippen LogP) is 11.2. The van der Waals surface area contributed by atoms with Gasteiger partial charge in [0.05, 0.1) is 34.4 Å². The van der Waals surface area contributed by atoms with E-state index in [-0.39, 0.29) is 42.7 Å². The molecule has 0 heterocycles. The molecule has 54 heavy (non-hydrogen) atoms. The van der Waals surface area contributed by atoms with Crippen LogP contribution in [0, 0.1) is 0 Å². The van der Waals surface area contributed by atoms with Crippen molar-refractivity contribution < 1.29 is 38.2 Å². The Morgan fingerprint density at radius 3 is 1.52 bits per heavy atom. The molecule has 0 aliphatic rings. The maximum absolute atomic E-state index is 12.7. The van der Waals surface area contributed by atoms with E-state index < -0.39 is 18.1 Å². The number of carbonyl (C=O) groups is 3. The van der Waals surface area contributed by atoms with E-state index in [2.05, 4.69) is 74.6 Å². The van der Waals surface area contributed by atoms with Gasteiger partial charge in [0.25, 0.3) is 0 Å². The van der Waals surface area contributed by atoms with Gasteiger partial charge in [0.2, 0.25) is 0 Å². The number of rotatable bonds is 36. The van der Waals surface area contributed by atoms with E-state index in [1.807, 2.05) is 33.3 Å². The average Bonchev–Trinajstić information content (AvgIpc) is 3.12. The van der Waals surface area contributed by atoms with E-state index in [0.29, 0.717) is 19.3 Å². The van der Waals surface area contributed by atoms with Crippen molar-refractivity contribution in [2.24, 2.45) is 0 Å². The summed E-state index contributed by atoms with van der Waals surface area (Å²) in [5, 5.41) is 9.58. The van der Waals surface area contributed by atoms with Crippen molar-refractivity contribution >= 4 is 17.9 Å². The number of carboxylic acid groups (broad SMARTS) is 1. The minimum absolute atomic E-state index is 0.0383. The standard InChI is InChI=1S/C46H77NO7/c1-6-8-10-12-14-15-16-17-18-19-20-21-22-23-24-25-26-27-28-29-31-33-35-37-45(49)54-42(40-52-39-38-43(46(50)51)47(3,4)5)41-53-44(48)36-34-32-30-13-11-9-7-2/h8-11,14-15,17-18,20-21,30,32,42-43H,6-7,12-13,16,19,22-29,31,33-41H2,1-5H3/p+1/b10-8+,11-9+,15-14+,18-17+,21-20+,32-30+. The molecule has 8 heteroatoms.